The lowest BCUT2D eigenvalue weighted by Crippen LogP contribution is -2.35. The van der Waals surface area contributed by atoms with E-state index in [1.165, 1.54) is 12.1 Å². The number of piperidine rings is 1. The molecule has 1 fully saturated rings. The monoisotopic (exact) mass is 358 g/mol. The topological polar surface area (TPSA) is 66.5 Å². The summed E-state index contributed by atoms with van der Waals surface area (Å²) in [5.41, 5.74) is 1.79. The number of carbonyl (C=O) groups is 1. The second-order valence-corrected chi connectivity index (χ2v) is 7.98. The van der Waals surface area contributed by atoms with Crippen molar-refractivity contribution >= 4 is 21.6 Å². The Balaban J connectivity index is 1.85. The number of amides is 1. The molecule has 0 atom stereocenters. The van der Waals surface area contributed by atoms with Crippen molar-refractivity contribution in [3.05, 3.63) is 59.7 Å². The maximum Gasteiger partial charge on any atom is 0.261 e. The van der Waals surface area contributed by atoms with Crippen LogP contribution in [0.4, 0.5) is 5.69 Å². The Morgan fingerprint density at radius 1 is 1.00 bits per heavy atom. The first-order chi connectivity index (χ1) is 12.0. The Kier molecular flexibility index (Phi) is 5.08. The first kappa shape index (κ1) is 17.5. The molecule has 0 saturated carbocycles. The third-order valence-electron chi connectivity index (χ3n) is 4.42. The molecule has 1 aliphatic rings. The predicted molar refractivity (Wildman–Crippen MR) is 98.2 cm³/mol. The molecule has 1 N–H and O–H groups in total. The average Bonchev–Trinajstić information content (AvgIpc) is 2.64. The normalized spacial score (nSPS) is 15.0. The van der Waals surface area contributed by atoms with Gasteiger partial charge in [-0.05, 0) is 56.0 Å². The van der Waals surface area contributed by atoms with Crippen LogP contribution in [0.25, 0.3) is 0 Å². The van der Waals surface area contributed by atoms with Crippen LogP contribution in [0.5, 0.6) is 0 Å². The zero-order valence-corrected chi connectivity index (χ0v) is 15.1. The van der Waals surface area contributed by atoms with Crippen LogP contribution in [0.15, 0.2) is 53.4 Å². The van der Waals surface area contributed by atoms with E-state index in [9.17, 15) is 13.2 Å². The van der Waals surface area contributed by atoms with Gasteiger partial charge in [0.1, 0.15) is 0 Å². The van der Waals surface area contributed by atoms with Crippen LogP contribution in [-0.2, 0) is 10.0 Å². The van der Waals surface area contributed by atoms with E-state index in [-0.39, 0.29) is 10.8 Å². The molecule has 3 rings (SSSR count). The van der Waals surface area contributed by atoms with E-state index in [1.807, 2.05) is 19.1 Å². The van der Waals surface area contributed by atoms with Crippen LogP contribution < -0.4 is 4.72 Å². The molecule has 6 heteroatoms. The van der Waals surface area contributed by atoms with Crippen LogP contribution in [0.1, 0.15) is 35.2 Å². The van der Waals surface area contributed by atoms with Gasteiger partial charge in [0.25, 0.3) is 15.9 Å². The zero-order chi connectivity index (χ0) is 17.9. The lowest BCUT2D eigenvalue weighted by Gasteiger charge is -2.26. The van der Waals surface area contributed by atoms with Crippen molar-refractivity contribution in [1.29, 1.82) is 0 Å². The zero-order valence-electron chi connectivity index (χ0n) is 14.2. The van der Waals surface area contributed by atoms with Crippen molar-refractivity contribution in [1.82, 2.24) is 4.90 Å². The van der Waals surface area contributed by atoms with Crippen molar-refractivity contribution < 1.29 is 13.2 Å². The predicted octanol–water partition coefficient (Wildman–Crippen LogP) is 3.42. The minimum atomic E-state index is -3.74. The second-order valence-electron chi connectivity index (χ2n) is 6.30. The molecule has 25 heavy (non-hydrogen) atoms. The number of anilines is 1. The highest BCUT2D eigenvalue weighted by Gasteiger charge is 2.21. The Morgan fingerprint density at radius 3 is 2.44 bits per heavy atom. The van der Waals surface area contributed by atoms with Crippen LogP contribution >= 0.6 is 0 Å². The maximum atomic E-state index is 12.7. The van der Waals surface area contributed by atoms with Crippen molar-refractivity contribution in [2.24, 2.45) is 0 Å². The van der Waals surface area contributed by atoms with E-state index in [4.69, 9.17) is 0 Å². The van der Waals surface area contributed by atoms with Gasteiger partial charge in [0.2, 0.25) is 0 Å². The Morgan fingerprint density at radius 2 is 1.72 bits per heavy atom. The number of rotatable bonds is 4. The number of nitrogens with zero attached hydrogens (tertiary/aromatic N) is 1. The number of nitrogens with one attached hydrogen (secondary N) is 1. The lowest BCUT2D eigenvalue weighted by atomic mass is 10.1. The third kappa shape index (κ3) is 4.02. The quantitative estimate of drug-likeness (QED) is 0.911. The van der Waals surface area contributed by atoms with Crippen molar-refractivity contribution in [3.8, 4) is 0 Å². The van der Waals surface area contributed by atoms with Gasteiger partial charge in [0, 0.05) is 18.7 Å². The molecule has 1 heterocycles. The fourth-order valence-corrected chi connectivity index (χ4v) is 4.14. The van der Waals surface area contributed by atoms with E-state index < -0.39 is 10.0 Å². The first-order valence-corrected chi connectivity index (χ1v) is 9.93. The fourth-order valence-electron chi connectivity index (χ4n) is 2.97. The molecule has 0 unspecified atom stereocenters. The third-order valence-corrected chi connectivity index (χ3v) is 5.79. The summed E-state index contributed by atoms with van der Waals surface area (Å²) in [5.74, 6) is -0.104. The largest absolute Gasteiger partial charge is 0.339 e. The maximum absolute atomic E-state index is 12.7. The summed E-state index contributed by atoms with van der Waals surface area (Å²) in [4.78, 5) is 14.5. The summed E-state index contributed by atoms with van der Waals surface area (Å²) in [6.45, 7) is 3.31. The van der Waals surface area contributed by atoms with Gasteiger partial charge in [-0.25, -0.2) is 8.42 Å². The molecule has 132 valence electrons. The molecule has 1 aliphatic heterocycles. The average molecular weight is 358 g/mol. The Bertz CT molecular complexity index is 872. The second kappa shape index (κ2) is 7.27. The number of aryl methyl sites for hydroxylation is 1. The number of carbonyl (C=O) groups excluding carboxylic acids is 1. The SMILES string of the molecule is Cc1ccccc1NS(=O)(=O)c1cccc(C(=O)N2CCCCC2)c1. The molecule has 2 aromatic rings. The van der Waals surface area contributed by atoms with Gasteiger partial charge < -0.3 is 4.90 Å². The summed E-state index contributed by atoms with van der Waals surface area (Å²) < 4.78 is 27.9. The van der Waals surface area contributed by atoms with E-state index in [1.54, 1.807) is 29.2 Å². The van der Waals surface area contributed by atoms with E-state index in [0.717, 1.165) is 37.9 Å². The van der Waals surface area contributed by atoms with Crippen molar-refractivity contribution in [2.45, 2.75) is 31.1 Å². The summed E-state index contributed by atoms with van der Waals surface area (Å²) in [6.07, 6.45) is 3.13. The number of para-hydroxylation sites is 1. The van der Waals surface area contributed by atoms with Gasteiger partial charge in [-0.15, -0.1) is 0 Å². The number of sulfonamides is 1. The van der Waals surface area contributed by atoms with E-state index in [2.05, 4.69) is 4.72 Å². The lowest BCUT2D eigenvalue weighted by molar-refractivity contribution is 0.0724. The number of hydrogen-bond acceptors (Lipinski definition) is 3. The molecule has 0 radical (unpaired) electrons. The minimum absolute atomic E-state index is 0.0959. The molecular weight excluding hydrogens is 336 g/mol. The fraction of sp³-hybridized carbons (Fsp3) is 0.316. The van der Waals surface area contributed by atoms with Crippen LogP contribution in [0.2, 0.25) is 0 Å². The van der Waals surface area contributed by atoms with Gasteiger partial charge in [0.05, 0.1) is 10.6 Å². The van der Waals surface area contributed by atoms with Crippen molar-refractivity contribution in [3.63, 3.8) is 0 Å². The summed E-state index contributed by atoms with van der Waals surface area (Å²) in [6, 6.07) is 13.4. The summed E-state index contributed by atoms with van der Waals surface area (Å²) >= 11 is 0. The standard InChI is InChI=1S/C19H22N2O3S/c1-15-8-3-4-11-18(15)20-25(23,24)17-10-7-9-16(14-17)19(22)21-12-5-2-6-13-21/h3-4,7-11,14,20H,2,5-6,12-13H2,1H3. The molecule has 2 aromatic carbocycles. The molecule has 5 nitrogen and oxygen atoms in total. The van der Waals surface area contributed by atoms with Crippen LogP contribution in [0.3, 0.4) is 0 Å². The molecule has 0 bridgehead atoms. The number of hydrogen-bond donors (Lipinski definition) is 1. The van der Waals surface area contributed by atoms with Gasteiger partial charge in [-0.2, -0.15) is 0 Å². The Labute approximate surface area is 148 Å². The number of benzene rings is 2. The van der Waals surface area contributed by atoms with E-state index in [0.29, 0.717) is 11.3 Å². The molecule has 0 spiro atoms. The molecule has 0 aromatic heterocycles. The molecule has 1 amide bonds. The summed E-state index contributed by atoms with van der Waals surface area (Å²) in [7, 11) is -3.74. The van der Waals surface area contributed by atoms with Crippen LogP contribution in [-0.4, -0.2) is 32.3 Å². The molecule has 1 saturated heterocycles. The first-order valence-electron chi connectivity index (χ1n) is 8.45. The van der Waals surface area contributed by atoms with Gasteiger partial charge in [-0.1, -0.05) is 24.3 Å². The van der Waals surface area contributed by atoms with Gasteiger partial charge in [-0.3, -0.25) is 9.52 Å². The van der Waals surface area contributed by atoms with Gasteiger partial charge in [0.15, 0.2) is 0 Å². The highest BCUT2D eigenvalue weighted by molar-refractivity contribution is 7.92. The van der Waals surface area contributed by atoms with E-state index >= 15 is 0 Å². The van der Waals surface area contributed by atoms with Crippen LogP contribution in [0, 0.1) is 6.92 Å². The highest BCUT2D eigenvalue weighted by Crippen LogP contribution is 2.21. The Hall–Kier alpha value is -2.34. The highest BCUT2D eigenvalue weighted by atomic mass is 32.2. The van der Waals surface area contributed by atoms with Gasteiger partial charge >= 0.3 is 0 Å². The van der Waals surface area contributed by atoms with Crippen molar-refractivity contribution in [2.75, 3.05) is 17.8 Å². The molecule has 0 aliphatic carbocycles. The molecular formula is C19H22N2O3S. The minimum Gasteiger partial charge on any atom is -0.339 e. The summed E-state index contributed by atoms with van der Waals surface area (Å²) in [5, 5.41) is 0. The smallest absolute Gasteiger partial charge is 0.261 e. The number of likely N-dealkylation sites (tertiary alicyclic amines) is 1.